The third-order valence-electron chi connectivity index (χ3n) is 4.87. The smallest absolute Gasteiger partial charge is 0.410 e. The highest BCUT2D eigenvalue weighted by molar-refractivity contribution is 5.68. The van der Waals surface area contributed by atoms with Crippen LogP contribution in [0.1, 0.15) is 39.3 Å². The number of hydrogen-bond acceptors (Lipinski definition) is 6. The Morgan fingerprint density at radius 3 is 2.48 bits per heavy atom. The molecule has 2 aliphatic rings. The van der Waals surface area contributed by atoms with Crippen LogP contribution >= 0.6 is 0 Å². The first-order chi connectivity index (χ1) is 12.7. The van der Waals surface area contributed by atoms with E-state index in [1.807, 2.05) is 25.7 Å². The van der Waals surface area contributed by atoms with Crippen LogP contribution in [0.3, 0.4) is 0 Å². The van der Waals surface area contributed by atoms with E-state index in [-0.39, 0.29) is 6.09 Å². The Balaban J connectivity index is 1.74. The van der Waals surface area contributed by atoms with Crippen molar-refractivity contribution in [1.29, 1.82) is 0 Å². The Kier molecular flexibility index (Phi) is 5.58. The Bertz CT molecular complexity index is 678. The Hall–Kier alpha value is -1.93. The van der Waals surface area contributed by atoms with Gasteiger partial charge in [0.2, 0.25) is 0 Å². The summed E-state index contributed by atoms with van der Waals surface area (Å²) >= 11 is 0. The summed E-state index contributed by atoms with van der Waals surface area (Å²) < 4.78 is 24.7. The van der Waals surface area contributed by atoms with E-state index in [2.05, 4.69) is 4.98 Å². The van der Waals surface area contributed by atoms with Crippen molar-refractivity contribution in [3.63, 3.8) is 0 Å². The standard InChI is InChI=1S/C19H28FN3O4/c1-18(2,3)27-17(24)23-8-6-22(7-9-23)15-12-14(20)13-21-16(15)19(25)4-10-26-11-5-19/h12-13,25H,4-11H2,1-3H3. The summed E-state index contributed by atoms with van der Waals surface area (Å²) in [5, 5.41) is 11.0. The van der Waals surface area contributed by atoms with Crippen molar-refractivity contribution in [1.82, 2.24) is 9.88 Å². The van der Waals surface area contributed by atoms with Gasteiger partial charge in [-0.25, -0.2) is 9.18 Å². The maximum Gasteiger partial charge on any atom is 0.410 e. The molecular weight excluding hydrogens is 353 g/mol. The lowest BCUT2D eigenvalue weighted by Crippen LogP contribution is -2.50. The predicted molar refractivity (Wildman–Crippen MR) is 98.2 cm³/mol. The number of hydrogen-bond donors (Lipinski definition) is 1. The van der Waals surface area contributed by atoms with Gasteiger partial charge in [-0.15, -0.1) is 0 Å². The molecule has 0 spiro atoms. The number of piperazine rings is 1. The summed E-state index contributed by atoms with van der Waals surface area (Å²) in [4.78, 5) is 20.1. The molecule has 0 bridgehead atoms. The van der Waals surface area contributed by atoms with Gasteiger partial charge in [0.1, 0.15) is 17.0 Å². The quantitative estimate of drug-likeness (QED) is 0.847. The molecule has 7 nitrogen and oxygen atoms in total. The van der Waals surface area contributed by atoms with Crippen LogP contribution in [0.15, 0.2) is 12.3 Å². The van der Waals surface area contributed by atoms with Gasteiger partial charge in [0, 0.05) is 58.3 Å². The molecule has 0 atom stereocenters. The van der Waals surface area contributed by atoms with E-state index in [1.165, 1.54) is 6.07 Å². The predicted octanol–water partition coefficient (Wildman–Crippen LogP) is 2.28. The lowest BCUT2D eigenvalue weighted by atomic mass is 9.89. The average Bonchev–Trinajstić information content (AvgIpc) is 2.61. The third kappa shape index (κ3) is 4.68. The first-order valence-electron chi connectivity index (χ1n) is 9.37. The fourth-order valence-electron chi connectivity index (χ4n) is 3.43. The highest BCUT2D eigenvalue weighted by Crippen LogP contribution is 2.37. The second-order valence-electron chi connectivity index (χ2n) is 8.12. The van der Waals surface area contributed by atoms with Gasteiger partial charge in [-0.2, -0.15) is 0 Å². The van der Waals surface area contributed by atoms with Crippen molar-refractivity contribution in [2.75, 3.05) is 44.3 Å². The highest BCUT2D eigenvalue weighted by atomic mass is 19.1. The molecule has 1 aromatic rings. The van der Waals surface area contributed by atoms with Crippen molar-refractivity contribution < 1.29 is 23.8 Å². The summed E-state index contributed by atoms with van der Waals surface area (Å²) in [7, 11) is 0. The molecule has 0 unspecified atom stereocenters. The third-order valence-corrected chi connectivity index (χ3v) is 4.87. The van der Waals surface area contributed by atoms with Gasteiger partial charge in [0.15, 0.2) is 0 Å². The maximum absolute atomic E-state index is 13.9. The van der Waals surface area contributed by atoms with E-state index in [9.17, 15) is 14.3 Å². The van der Waals surface area contributed by atoms with Crippen LogP contribution in [0.25, 0.3) is 0 Å². The zero-order chi connectivity index (χ0) is 19.7. The van der Waals surface area contributed by atoms with Gasteiger partial charge in [-0.3, -0.25) is 4.98 Å². The summed E-state index contributed by atoms with van der Waals surface area (Å²) in [5.74, 6) is -0.445. The van der Waals surface area contributed by atoms with E-state index in [1.54, 1.807) is 4.90 Å². The number of carbonyl (C=O) groups excluding carboxylic acids is 1. The largest absolute Gasteiger partial charge is 0.444 e. The second-order valence-corrected chi connectivity index (χ2v) is 8.12. The minimum Gasteiger partial charge on any atom is -0.444 e. The monoisotopic (exact) mass is 381 g/mol. The topological polar surface area (TPSA) is 75.1 Å². The number of aliphatic hydroxyl groups is 1. The molecule has 0 saturated carbocycles. The van der Waals surface area contributed by atoms with E-state index in [0.717, 1.165) is 6.20 Å². The molecule has 0 radical (unpaired) electrons. The van der Waals surface area contributed by atoms with Crippen molar-refractivity contribution in [3.8, 4) is 0 Å². The molecule has 2 fully saturated rings. The molecule has 3 heterocycles. The Labute approximate surface area is 159 Å². The molecule has 0 aliphatic carbocycles. The molecule has 2 saturated heterocycles. The van der Waals surface area contributed by atoms with Crippen LogP contribution in [0.5, 0.6) is 0 Å². The molecule has 1 amide bonds. The molecule has 8 heteroatoms. The van der Waals surface area contributed by atoms with Crippen molar-refractivity contribution in [2.45, 2.75) is 44.8 Å². The fraction of sp³-hybridized carbons (Fsp3) is 0.684. The van der Waals surface area contributed by atoms with Crippen molar-refractivity contribution in [2.24, 2.45) is 0 Å². The second kappa shape index (κ2) is 7.59. The zero-order valence-corrected chi connectivity index (χ0v) is 16.2. The van der Waals surface area contributed by atoms with Gasteiger partial charge in [-0.05, 0) is 20.8 Å². The normalized spacial score (nSPS) is 20.5. The number of ether oxygens (including phenoxy) is 2. The molecule has 0 aromatic carbocycles. The van der Waals surface area contributed by atoms with E-state index < -0.39 is 17.0 Å². The van der Waals surface area contributed by atoms with Crippen LogP contribution in [0.4, 0.5) is 14.9 Å². The fourth-order valence-corrected chi connectivity index (χ4v) is 3.43. The van der Waals surface area contributed by atoms with Gasteiger partial charge < -0.3 is 24.4 Å². The summed E-state index contributed by atoms with van der Waals surface area (Å²) in [6, 6.07) is 1.42. The number of pyridine rings is 1. The minimum atomic E-state index is -1.12. The number of carbonyl (C=O) groups is 1. The van der Waals surface area contributed by atoms with Crippen LogP contribution in [0.2, 0.25) is 0 Å². The lowest BCUT2D eigenvalue weighted by Gasteiger charge is -2.39. The van der Waals surface area contributed by atoms with Gasteiger partial charge >= 0.3 is 6.09 Å². The van der Waals surface area contributed by atoms with Gasteiger partial charge in [-0.1, -0.05) is 0 Å². The average molecular weight is 381 g/mol. The van der Waals surface area contributed by atoms with E-state index in [0.29, 0.717) is 63.6 Å². The number of rotatable bonds is 2. The number of aromatic nitrogens is 1. The first kappa shape index (κ1) is 19.8. The van der Waals surface area contributed by atoms with Crippen LogP contribution in [-0.4, -0.2) is 66.1 Å². The van der Waals surface area contributed by atoms with Gasteiger partial charge in [0.25, 0.3) is 0 Å². The maximum atomic E-state index is 13.9. The summed E-state index contributed by atoms with van der Waals surface area (Å²) in [5.41, 5.74) is -0.592. The van der Waals surface area contributed by atoms with Crippen LogP contribution in [0, 0.1) is 5.82 Å². The molecule has 1 aromatic heterocycles. The SMILES string of the molecule is CC(C)(C)OC(=O)N1CCN(c2cc(F)cnc2C2(O)CCOCC2)CC1. The Morgan fingerprint density at radius 1 is 1.26 bits per heavy atom. The van der Waals surface area contributed by atoms with Crippen LogP contribution in [-0.2, 0) is 15.1 Å². The lowest BCUT2D eigenvalue weighted by molar-refractivity contribution is -0.0703. The summed E-state index contributed by atoms with van der Waals surface area (Å²) in [6.45, 7) is 8.36. The number of halogens is 1. The van der Waals surface area contributed by atoms with Gasteiger partial charge in [0.05, 0.1) is 17.6 Å². The Morgan fingerprint density at radius 2 is 1.89 bits per heavy atom. The summed E-state index contributed by atoms with van der Waals surface area (Å²) in [6.07, 6.45) is 1.65. The number of nitrogens with zero attached hydrogens (tertiary/aromatic N) is 3. The minimum absolute atomic E-state index is 0.345. The van der Waals surface area contributed by atoms with Crippen molar-refractivity contribution >= 4 is 11.8 Å². The first-order valence-corrected chi connectivity index (χ1v) is 9.37. The molecular formula is C19H28FN3O4. The molecule has 150 valence electrons. The van der Waals surface area contributed by atoms with Crippen molar-refractivity contribution in [3.05, 3.63) is 23.8 Å². The number of anilines is 1. The van der Waals surface area contributed by atoms with E-state index >= 15 is 0 Å². The van der Waals surface area contributed by atoms with E-state index in [4.69, 9.17) is 9.47 Å². The molecule has 3 rings (SSSR count). The number of amides is 1. The molecule has 2 aliphatic heterocycles. The highest BCUT2D eigenvalue weighted by Gasteiger charge is 2.37. The van der Waals surface area contributed by atoms with Crippen LogP contribution < -0.4 is 4.90 Å². The zero-order valence-electron chi connectivity index (χ0n) is 16.2. The molecule has 27 heavy (non-hydrogen) atoms. The molecule has 1 N–H and O–H groups in total.